The van der Waals surface area contributed by atoms with Gasteiger partial charge in [-0.15, -0.1) is 0 Å². The number of nitrogens with two attached hydrogens (primary N) is 1. The molecule has 0 aromatic heterocycles. The van der Waals surface area contributed by atoms with Crippen molar-refractivity contribution < 1.29 is 4.74 Å². The van der Waals surface area contributed by atoms with Crippen LogP contribution < -0.4 is 10.5 Å². The molecular formula is C14H20BrNO. The molecular weight excluding hydrogens is 278 g/mol. The monoisotopic (exact) mass is 297 g/mol. The lowest BCUT2D eigenvalue weighted by Crippen LogP contribution is -2.07. The minimum atomic E-state index is 0.662. The Morgan fingerprint density at radius 1 is 1.41 bits per heavy atom. The average molecular weight is 298 g/mol. The molecule has 17 heavy (non-hydrogen) atoms. The fraction of sp³-hybridized carbons (Fsp3) is 0.571. The smallest absolute Gasteiger partial charge is 0.125 e. The Labute approximate surface area is 112 Å². The Bertz CT molecular complexity index is 388. The van der Waals surface area contributed by atoms with Gasteiger partial charge in [-0.25, -0.2) is 0 Å². The maximum atomic E-state index is 5.95. The highest BCUT2D eigenvalue weighted by atomic mass is 79.9. The first-order valence-electron chi connectivity index (χ1n) is 6.32. The van der Waals surface area contributed by atoms with Crippen molar-refractivity contribution in [3.8, 4) is 5.75 Å². The van der Waals surface area contributed by atoms with E-state index in [-0.39, 0.29) is 0 Å². The largest absolute Gasteiger partial charge is 0.493 e. The van der Waals surface area contributed by atoms with Crippen molar-refractivity contribution >= 4 is 15.9 Å². The van der Waals surface area contributed by atoms with Crippen LogP contribution in [0.4, 0.5) is 0 Å². The van der Waals surface area contributed by atoms with Gasteiger partial charge < -0.3 is 10.5 Å². The first-order chi connectivity index (χ1) is 8.20. The van der Waals surface area contributed by atoms with Crippen LogP contribution in [0.25, 0.3) is 0 Å². The molecule has 3 heteroatoms. The molecule has 1 saturated carbocycles. The Morgan fingerprint density at radius 2 is 2.18 bits per heavy atom. The van der Waals surface area contributed by atoms with Gasteiger partial charge in [-0.1, -0.05) is 28.8 Å². The number of hydrogen-bond acceptors (Lipinski definition) is 2. The number of halogens is 1. The molecule has 1 aliphatic carbocycles. The van der Waals surface area contributed by atoms with Crippen LogP contribution >= 0.6 is 15.9 Å². The SMILES string of the molecule is Cc1cc(Br)cc(CCN)c1OCCC1CC1. The molecule has 0 aliphatic heterocycles. The zero-order valence-corrected chi connectivity index (χ0v) is 11.9. The Kier molecular flexibility index (Phi) is 4.46. The van der Waals surface area contributed by atoms with E-state index in [1.54, 1.807) is 0 Å². The van der Waals surface area contributed by atoms with E-state index in [0.29, 0.717) is 6.54 Å². The van der Waals surface area contributed by atoms with Gasteiger partial charge >= 0.3 is 0 Å². The van der Waals surface area contributed by atoms with Gasteiger partial charge in [0.15, 0.2) is 0 Å². The normalized spacial score (nSPS) is 15.0. The molecule has 0 radical (unpaired) electrons. The van der Waals surface area contributed by atoms with Crippen molar-refractivity contribution in [1.29, 1.82) is 0 Å². The number of benzene rings is 1. The van der Waals surface area contributed by atoms with E-state index in [1.807, 2.05) is 0 Å². The minimum Gasteiger partial charge on any atom is -0.493 e. The summed E-state index contributed by atoms with van der Waals surface area (Å²) in [6.07, 6.45) is 4.84. The molecule has 94 valence electrons. The van der Waals surface area contributed by atoms with Crippen LogP contribution in [-0.4, -0.2) is 13.2 Å². The fourth-order valence-electron chi connectivity index (χ4n) is 2.08. The molecule has 2 rings (SSSR count). The van der Waals surface area contributed by atoms with Crippen LogP contribution in [0.3, 0.4) is 0 Å². The van der Waals surface area contributed by atoms with Gasteiger partial charge in [0.05, 0.1) is 6.61 Å². The molecule has 0 amide bonds. The molecule has 0 heterocycles. The van der Waals surface area contributed by atoms with Crippen molar-refractivity contribution in [1.82, 2.24) is 0 Å². The third-order valence-electron chi connectivity index (χ3n) is 3.20. The van der Waals surface area contributed by atoms with Crippen LogP contribution in [0.5, 0.6) is 5.75 Å². The molecule has 1 aromatic carbocycles. The quantitative estimate of drug-likeness (QED) is 0.873. The third kappa shape index (κ3) is 3.71. The summed E-state index contributed by atoms with van der Waals surface area (Å²) in [4.78, 5) is 0. The van der Waals surface area contributed by atoms with Crippen molar-refractivity contribution in [2.24, 2.45) is 11.7 Å². The summed E-state index contributed by atoms with van der Waals surface area (Å²) in [5.74, 6) is 1.96. The van der Waals surface area contributed by atoms with E-state index in [4.69, 9.17) is 10.5 Å². The molecule has 2 nitrogen and oxygen atoms in total. The van der Waals surface area contributed by atoms with E-state index < -0.39 is 0 Å². The topological polar surface area (TPSA) is 35.2 Å². The molecule has 0 atom stereocenters. The Balaban J connectivity index is 2.05. The van der Waals surface area contributed by atoms with Gasteiger partial charge in [0.25, 0.3) is 0 Å². The van der Waals surface area contributed by atoms with Crippen molar-refractivity contribution in [2.45, 2.75) is 32.6 Å². The average Bonchev–Trinajstić information content (AvgIpc) is 3.06. The number of rotatable bonds is 6. The van der Waals surface area contributed by atoms with Gasteiger partial charge in [0, 0.05) is 4.47 Å². The van der Waals surface area contributed by atoms with E-state index in [9.17, 15) is 0 Å². The van der Waals surface area contributed by atoms with E-state index in [1.165, 1.54) is 30.4 Å². The van der Waals surface area contributed by atoms with Crippen molar-refractivity contribution in [2.75, 3.05) is 13.2 Å². The summed E-state index contributed by atoms with van der Waals surface area (Å²) in [5.41, 5.74) is 8.06. The summed E-state index contributed by atoms with van der Waals surface area (Å²) in [6.45, 7) is 3.59. The lowest BCUT2D eigenvalue weighted by molar-refractivity contribution is 0.297. The van der Waals surface area contributed by atoms with Gasteiger partial charge in [0.2, 0.25) is 0 Å². The molecule has 1 fully saturated rings. The van der Waals surface area contributed by atoms with Crippen LogP contribution in [-0.2, 0) is 6.42 Å². The predicted molar refractivity (Wildman–Crippen MR) is 74.5 cm³/mol. The Hall–Kier alpha value is -0.540. The van der Waals surface area contributed by atoms with Gasteiger partial charge in [0.1, 0.15) is 5.75 Å². The van der Waals surface area contributed by atoms with Crippen LogP contribution in [0, 0.1) is 12.8 Å². The molecule has 0 saturated heterocycles. The molecule has 1 aromatic rings. The zero-order chi connectivity index (χ0) is 12.3. The van der Waals surface area contributed by atoms with Gasteiger partial charge in [-0.2, -0.15) is 0 Å². The van der Waals surface area contributed by atoms with E-state index in [0.717, 1.165) is 29.2 Å². The zero-order valence-electron chi connectivity index (χ0n) is 10.3. The van der Waals surface area contributed by atoms with Crippen molar-refractivity contribution in [3.05, 3.63) is 27.7 Å². The number of ether oxygens (including phenoxy) is 1. The number of aryl methyl sites for hydroxylation is 1. The second-order valence-electron chi connectivity index (χ2n) is 4.83. The second kappa shape index (κ2) is 5.87. The van der Waals surface area contributed by atoms with Crippen LogP contribution in [0.2, 0.25) is 0 Å². The fourth-order valence-corrected chi connectivity index (χ4v) is 2.70. The third-order valence-corrected chi connectivity index (χ3v) is 3.66. The summed E-state index contributed by atoms with van der Waals surface area (Å²) < 4.78 is 7.05. The van der Waals surface area contributed by atoms with Crippen molar-refractivity contribution in [3.63, 3.8) is 0 Å². The van der Waals surface area contributed by atoms with E-state index >= 15 is 0 Å². The summed E-state index contributed by atoms with van der Waals surface area (Å²) in [5, 5.41) is 0. The highest BCUT2D eigenvalue weighted by Gasteiger charge is 2.21. The first kappa shape index (κ1) is 12.9. The van der Waals surface area contributed by atoms with Gasteiger partial charge in [-0.3, -0.25) is 0 Å². The van der Waals surface area contributed by atoms with Crippen LogP contribution in [0.1, 0.15) is 30.4 Å². The lowest BCUT2D eigenvalue weighted by Gasteiger charge is -2.14. The first-order valence-corrected chi connectivity index (χ1v) is 7.12. The molecule has 0 unspecified atom stereocenters. The molecule has 2 N–H and O–H groups in total. The molecule has 0 spiro atoms. The molecule has 0 bridgehead atoms. The Morgan fingerprint density at radius 3 is 2.82 bits per heavy atom. The summed E-state index contributed by atoms with van der Waals surface area (Å²) >= 11 is 3.52. The van der Waals surface area contributed by atoms with Crippen LogP contribution in [0.15, 0.2) is 16.6 Å². The van der Waals surface area contributed by atoms with Gasteiger partial charge in [-0.05, 0) is 55.5 Å². The predicted octanol–water partition coefficient (Wildman–Crippen LogP) is 3.44. The lowest BCUT2D eigenvalue weighted by atomic mass is 10.1. The number of hydrogen-bond donors (Lipinski definition) is 1. The maximum Gasteiger partial charge on any atom is 0.125 e. The second-order valence-corrected chi connectivity index (χ2v) is 5.75. The van der Waals surface area contributed by atoms with E-state index in [2.05, 4.69) is 35.0 Å². The maximum absolute atomic E-state index is 5.95. The highest BCUT2D eigenvalue weighted by Crippen LogP contribution is 2.33. The summed E-state index contributed by atoms with van der Waals surface area (Å²) in [6, 6.07) is 4.22. The minimum absolute atomic E-state index is 0.662. The summed E-state index contributed by atoms with van der Waals surface area (Å²) in [7, 11) is 0. The highest BCUT2D eigenvalue weighted by molar-refractivity contribution is 9.10. The molecule has 1 aliphatic rings. The standard InChI is InChI=1S/C14H20BrNO/c1-10-8-13(15)9-12(4-6-16)14(10)17-7-5-11-2-3-11/h8-9,11H,2-7,16H2,1H3.